The van der Waals surface area contributed by atoms with E-state index in [-0.39, 0.29) is 5.91 Å². The quantitative estimate of drug-likeness (QED) is 0.340. The van der Waals surface area contributed by atoms with Crippen molar-refractivity contribution in [1.29, 1.82) is 0 Å². The molecule has 1 amide bonds. The Balaban J connectivity index is 1.26. The highest BCUT2D eigenvalue weighted by Crippen LogP contribution is 2.24. The van der Waals surface area contributed by atoms with Crippen LogP contribution in [0.2, 0.25) is 5.02 Å². The molecule has 4 aromatic rings. The van der Waals surface area contributed by atoms with E-state index in [9.17, 15) is 4.79 Å². The average Bonchev–Trinajstić information content (AvgIpc) is 2.85. The lowest BCUT2D eigenvalue weighted by atomic mass is 10.0. The lowest BCUT2D eigenvalue weighted by molar-refractivity contribution is 0.102. The molecule has 0 aliphatic carbocycles. The number of anilines is 1. The maximum atomic E-state index is 12.8. The summed E-state index contributed by atoms with van der Waals surface area (Å²) in [5.74, 6) is -0.112. The number of fused-ring (bicyclic) bond motifs is 1. The third-order valence-electron chi connectivity index (χ3n) is 6.34. The van der Waals surface area contributed by atoms with E-state index in [0.29, 0.717) is 10.6 Å². The van der Waals surface area contributed by atoms with Gasteiger partial charge >= 0.3 is 0 Å². The molecule has 1 heterocycles. The van der Waals surface area contributed by atoms with Crippen LogP contribution in [0.4, 0.5) is 5.69 Å². The normalized spacial score (nSPS) is 14.3. The van der Waals surface area contributed by atoms with E-state index < -0.39 is 0 Å². The zero-order chi connectivity index (χ0) is 22.6. The van der Waals surface area contributed by atoms with Gasteiger partial charge in [-0.25, -0.2) is 0 Å². The van der Waals surface area contributed by atoms with E-state index in [1.54, 1.807) is 0 Å². The van der Waals surface area contributed by atoms with Gasteiger partial charge < -0.3 is 5.32 Å². The highest BCUT2D eigenvalue weighted by molar-refractivity contribution is 6.30. The topological polar surface area (TPSA) is 32.3 Å². The molecule has 0 radical (unpaired) electrons. The van der Waals surface area contributed by atoms with Crippen LogP contribution in [0.3, 0.4) is 0 Å². The third-order valence-corrected chi connectivity index (χ3v) is 6.59. The Morgan fingerprint density at radius 1 is 0.758 bits per heavy atom. The third kappa shape index (κ3) is 5.27. The molecule has 0 atom stereocenters. The highest BCUT2D eigenvalue weighted by Gasteiger charge is 2.11. The molecule has 0 unspecified atom stereocenters. The molecule has 0 aromatic heterocycles. The largest absolute Gasteiger partial charge is 0.322 e. The Morgan fingerprint density at radius 3 is 2.12 bits per heavy atom. The first-order valence-corrected chi connectivity index (χ1v) is 11.9. The van der Waals surface area contributed by atoms with Crippen molar-refractivity contribution in [2.75, 3.05) is 18.4 Å². The fourth-order valence-corrected chi connectivity index (χ4v) is 4.63. The van der Waals surface area contributed by atoms with Gasteiger partial charge in [-0.2, -0.15) is 0 Å². The molecule has 1 aliphatic heterocycles. The highest BCUT2D eigenvalue weighted by atomic mass is 35.5. The lowest BCUT2D eigenvalue weighted by Crippen LogP contribution is -2.29. The summed E-state index contributed by atoms with van der Waals surface area (Å²) in [6, 6.07) is 28.1. The van der Waals surface area contributed by atoms with Crippen molar-refractivity contribution in [3.8, 4) is 11.1 Å². The van der Waals surface area contributed by atoms with E-state index >= 15 is 0 Å². The SMILES string of the molecule is O=C(Nc1ccc2cc(CN3CCCCC3)ccc2c1)c1ccc(-c2ccc(Cl)cc2)cc1. The molecule has 1 saturated heterocycles. The van der Waals surface area contributed by atoms with Crippen LogP contribution in [-0.2, 0) is 6.54 Å². The van der Waals surface area contributed by atoms with Gasteiger partial charge in [0, 0.05) is 22.8 Å². The number of hydrogen-bond acceptors (Lipinski definition) is 2. The number of amides is 1. The summed E-state index contributed by atoms with van der Waals surface area (Å²) >= 11 is 5.97. The molecule has 0 saturated carbocycles. The average molecular weight is 455 g/mol. The minimum atomic E-state index is -0.112. The number of nitrogens with zero attached hydrogens (tertiary/aromatic N) is 1. The lowest BCUT2D eigenvalue weighted by Gasteiger charge is -2.26. The van der Waals surface area contributed by atoms with Gasteiger partial charge in [0.25, 0.3) is 5.91 Å². The number of benzene rings is 4. The number of halogens is 1. The van der Waals surface area contributed by atoms with Crippen LogP contribution in [0.25, 0.3) is 21.9 Å². The molecule has 1 aliphatic rings. The summed E-state index contributed by atoms with van der Waals surface area (Å²) in [6.07, 6.45) is 3.97. The van der Waals surface area contributed by atoms with Crippen LogP contribution in [0, 0.1) is 0 Å². The molecule has 0 spiro atoms. The standard InChI is InChI=1S/C29H27ClN2O/c30-27-13-10-23(11-14-27)22-6-8-24(9-7-22)29(33)31-28-15-12-25-18-21(4-5-26(25)19-28)20-32-16-2-1-3-17-32/h4-15,18-19H,1-3,16-17,20H2,(H,31,33). The first-order chi connectivity index (χ1) is 16.1. The van der Waals surface area contributed by atoms with E-state index in [0.717, 1.165) is 28.7 Å². The summed E-state index contributed by atoms with van der Waals surface area (Å²) in [5.41, 5.74) is 4.90. The maximum Gasteiger partial charge on any atom is 0.255 e. The predicted octanol–water partition coefficient (Wildman–Crippen LogP) is 7.40. The first-order valence-electron chi connectivity index (χ1n) is 11.6. The second-order valence-electron chi connectivity index (χ2n) is 8.77. The van der Waals surface area contributed by atoms with Crippen molar-refractivity contribution in [3.05, 3.63) is 101 Å². The molecular formula is C29H27ClN2O. The molecular weight excluding hydrogens is 428 g/mol. The van der Waals surface area contributed by atoms with Gasteiger partial charge in [0.05, 0.1) is 0 Å². The smallest absolute Gasteiger partial charge is 0.255 e. The van der Waals surface area contributed by atoms with Crippen LogP contribution >= 0.6 is 11.6 Å². The fraction of sp³-hybridized carbons (Fsp3) is 0.207. The summed E-state index contributed by atoms with van der Waals surface area (Å²) in [6.45, 7) is 3.41. The van der Waals surface area contributed by atoms with E-state index in [2.05, 4.69) is 34.5 Å². The Hall–Kier alpha value is -3.14. The molecule has 1 fully saturated rings. The summed E-state index contributed by atoms with van der Waals surface area (Å²) in [7, 11) is 0. The van der Waals surface area contributed by atoms with Gasteiger partial charge in [0.1, 0.15) is 0 Å². The zero-order valence-electron chi connectivity index (χ0n) is 18.6. The molecule has 5 rings (SSSR count). The molecule has 33 heavy (non-hydrogen) atoms. The summed E-state index contributed by atoms with van der Waals surface area (Å²) in [4.78, 5) is 15.3. The summed E-state index contributed by atoms with van der Waals surface area (Å²) < 4.78 is 0. The summed E-state index contributed by atoms with van der Waals surface area (Å²) in [5, 5.41) is 6.08. The van der Waals surface area contributed by atoms with Gasteiger partial charge in [-0.15, -0.1) is 0 Å². The fourth-order valence-electron chi connectivity index (χ4n) is 4.51. The van der Waals surface area contributed by atoms with Crippen molar-refractivity contribution >= 4 is 34.0 Å². The van der Waals surface area contributed by atoms with E-state index in [1.807, 2.05) is 60.7 Å². The number of carbonyl (C=O) groups excluding carboxylic acids is 1. The second kappa shape index (κ2) is 9.78. The number of nitrogens with one attached hydrogen (secondary N) is 1. The van der Waals surface area contributed by atoms with Crippen LogP contribution in [0.5, 0.6) is 0 Å². The van der Waals surface area contributed by atoms with Gasteiger partial charge in [0.2, 0.25) is 0 Å². The zero-order valence-corrected chi connectivity index (χ0v) is 19.3. The van der Waals surface area contributed by atoms with E-state index in [4.69, 9.17) is 11.6 Å². The minimum absolute atomic E-state index is 0.112. The van der Waals surface area contributed by atoms with E-state index in [1.165, 1.54) is 43.3 Å². The number of hydrogen-bond donors (Lipinski definition) is 1. The Bertz CT molecular complexity index is 1260. The first kappa shape index (κ1) is 21.7. The number of carbonyl (C=O) groups is 1. The van der Waals surface area contributed by atoms with Gasteiger partial charge in [-0.1, -0.05) is 60.5 Å². The van der Waals surface area contributed by atoms with Crippen molar-refractivity contribution in [2.24, 2.45) is 0 Å². The monoisotopic (exact) mass is 454 g/mol. The number of likely N-dealkylation sites (tertiary alicyclic amines) is 1. The molecule has 0 bridgehead atoms. The second-order valence-corrected chi connectivity index (χ2v) is 9.21. The van der Waals surface area contributed by atoms with Crippen LogP contribution in [0.15, 0.2) is 84.9 Å². The van der Waals surface area contributed by atoms with Crippen LogP contribution in [0.1, 0.15) is 35.2 Å². The van der Waals surface area contributed by atoms with Crippen molar-refractivity contribution in [3.63, 3.8) is 0 Å². The maximum absolute atomic E-state index is 12.8. The van der Waals surface area contributed by atoms with Crippen molar-refractivity contribution < 1.29 is 4.79 Å². The minimum Gasteiger partial charge on any atom is -0.322 e. The van der Waals surface area contributed by atoms with Crippen LogP contribution in [-0.4, -0.2) is 23.9 Å². The predicted molar refractivity (Wildman–Crippen MR) is 138 cm³/mol. The van der Waals surface area contributed by atoms with Crippen molar-refractivity contribution in [1.82, 2.24) is 4.90 Å². The van der Waals surface area contributed by atoms with Gasteiger partial charge in [0.15, 0.2) is 0 Å². The molecule has 166 valence electrons. The molecule has 4 heteroatoms. The molecule has 4 aromatic carbocycles. The van der Waals surface area contributed by atoms with Crippen molar-refractivity contribution in [2.45, 2.75) is 25.8 Å². The molecule has 1 N–H and O–H groups in total. The van der Waals surface area contributed by atoms with Gasteiger partial charge in [-0.3, -0.25) is 9.69 Å². The van der Waals surface area contributed by atoms with Crippen LogP contribution < -0.4 is 5.32 Å². The Morgan fingerprint density at radius 2 is 1.39 bits per heavy atom. The number of rotatable bonds is 5. The Labute approximate surface area is 200 Å². The van der Waals surface area contributed by atoms with Gasteiger partial charge in [-0.05, 0) is 95.9 Å². The molecule has 3 nitrogen and oxygen atoms in total. The Kier molecular flexibility index (Phi) is 6.43. The number of piperidine rings is 1.